The molecule has 0 unspecified atom stereocenters. The number of esters is 3. The summed E-state index contributed by atoms with van der Waals surface area (Å²) in [5.41, 5.74) is 0. The quantitative estimate of drug-likeness (QED) is 0.0264. The van der Waals surface area contributed by atoms with E-state index in [2.05, 4.69) is 57.2 Å². The van der Waals surface area contributed by atoms with Crippen LogP contribution in [0.25, 0.3) is 0 Å². The summed E-state index contributed by atoms with van der Waals surface area (Å²) in [5.74, 6) is -0.883. The zero-order chi connectivity index (χ0) is 41.5. The minimum Gasteiger partial charge on any atom is -0.462 e. The molecular weight excluding hydrogens is 709 g/mol. The number of hydrogen-bond acceptors (Lipinski definition) is 6. The van der Waals surface area contributed by atoms with Crippen molar-refractivity contribution >= 4 is 17.9 Å². The molecule has 0 aliphatic rings. The van der Waals surface area contributed by atoms with E-state index in [0.717, 1.165) is 77.0 Å². The van der Waals surface area contributed by atoms with Crippen LogP contribution in [0.4, 0.5) is 0 Å². The summed E-state index contributed by atoms with van der Waals surface area (Å²) in [4.78, 5) is 37.7. The number of allylic oxidation sites excluding steroid dienone is 6. The van der Waals surface area contributed by atoms with Crippen LogP contribution in [-0.4, -0.2) is 37.2 Å². The second-order valence-corrected chi connectivity index (χ2v) is 16.4. The van der Waals surface area contributed by atoms with Crippen molar-refractivity contribution in [1.82, 2.24) is 0 Å². The maximum atomic E-state index is 12.7. The monoisotopic (exact) mass is 801 g/mol. The van der Waals surface area contributed by atoms with Gasteiger partial charge in [0.2, 0.25) is 0 Å². The minimum atomic E-state index is -0.770. The van der Waals surface area contributed by atoms with Crippen LogP contribution < -0.4 is 0 Å². The first-order chi connectivity index (χ1) is 28.0. The van der Waals surface area contributed by atoms with E-state index >= 15 is 0 Å². The second kappa shape index (κ2) is 46.3. The lowest BCUT2D eigenvalue weighted by molar-refractivity contribution is -0.167. The molecule has 0 bridgehead atoms. The Morgan fingerprint density at radius 3 is 1.02 bits per heavy atom. The van der Waals surface area contributed by atoms with Crippen molar-refractivity contribution in [3.05, 3.63) is 36.5 Å². The zero-order valence-corrected chi connectivity index (χ0v) is 37.9. The lowest BCUT2D eigenvalue weighted by Gasteiger charge is -2.18. The molecule has 0 rings (SSSR count). The predicted octanol–water partition coefficient (Wildman–Crippen LogP) is 15.8. The van der Waals surface area contributed by atoms with Gasteiger partial charge < -0.3 is 14.2 Å². The van der Waals surface area contributed by atoms with Gasteiger partial charge in [-0.05, 0) is 57.8 Å². The van der Waals surface area contributed by atoms with E-state index < -0.39 is 6.10 Å². The molecule has 0 aliphatic heterocycles. The average molecular weight is 801 g/mol. The van der Waals surface area contributed by atoms with E-state index in [-0.39, 0.29) is 31.1 Å². The molecule has 0 aromatic carbocycles. The number of hydrogen-bond donors (Lipinski definition) is 0. The minimum absolute atomic E-state index is 0.0731. The molecule has 0 fully saturated rings. The van der Waals surface area contributed by atoms with Crippen LogP contribution in [0, 0.1) is 0 Å². The fourth-order valence-electron chi connectivity index (χ4n) is 6.92. The molecule has 0 heterocycles. The van der Waals surface area contributed by atoms with Gasteiger partial charge in [0.25, 0.3) is 0 Å². The number of carbonyl (C=O) groups excluding carboxylic acids is 3. The molecular formula is C51H92O6. The van der Waals surface area contributed by atoms with Crippen molar-refractivity contribution in [2.24, 2.45) is 0 Å². The Balaban J connectivity index is 4.30. The standard InChI is InChI=1S/C51H92O6/c1-4-7-10-13-16-19-21-22-23-24-25-26-27-28-30-32-35-38-41-44-50(53)56-47-48(46-55-49(52)43-40-37-34-31-18-15-12-9-6-3)57-51(54)45-42-39-36-33-29-20-17-14-11-8-5-2/h16,19,22-23,25-26,48H,4-15,17-18,20-21,24,27-47H2,1-3H3/b19-16-,23-22-,26-25-/t48-/m1/s1. The summed E-state index contributed by atoms with van der Waals surface area (Å²) in [6, 6.07) is 0. The van der Waals surface area contributed by atoms with Gasteiger partial charge in [0, 0.05) is 19.3 Å². The molecule has 0 radical (unpaired) electrons. The van der Waals surface area contributed by atoms with Gasteiger partial charge in [0.1, 0.15) is 13.2 Å². The SMILES string of the molecule is CCCCC/C=C\C/C=C\C/C=C\CCCCCCCCC(=O)OC[C@@H](COC(=O)CCCCCCCCCCC)OC(=O)CCCCCCCCCCCCC. The van der Waals surface area contributed by atoms with Crippen molar-refractivity contribution < 1.29 is 28.6 Å². The summed E-state index contributed by atoms with van der Waals surface area (Å²) in [6.45, 7) is 6.58. The number of unbranched alkanes of at least 4 members (excludes halogenated alkanes) is 27. The Labute approximate surface area is 353 Å². The second-order valence-electron chi connectivity index (χ2n) is 16.4. The highest BCUT2D eigenvalue weighted by molar-refractivity contribution is 5.71. The van der Waals surface area contributed by atoms with Gasteiger partial charge in [-0.25, -0.2) is 0 Å². The molecule has 0 aromatic rings. The first-order valence-corrected chi connectivity index (χ1v) is 24.5. The van der Waals surface area contributed by atoms with Crippen LogP contribution in [0.15, 0.2) is 36.5 Å². The van der Waals surface area contributed by atoms with Crippen molar-refractivity contribution in [3.63, 3.8) is 0 Å². The summed E-state index contributed by atoms with van der Waals surface area (Å²) in [5, 5.41) is 0. The Morgan fingerprint density at radius 2 is 0.632 bits per heavy atom. The highest BCUT2D eigenvalue weighted by Crippen LogP contribution is 2.15. The van der Waals surface area contributed by atoms with Gasteiger partial charge in [-0.1, -0.05) is 211 Å². The lowest BCUT2D eigenvalue weighted by Crippen LogP contribution is -2.30. The van der Waals surface area contributed by atoms with Crippen molar-refractivity contribution in [1.29, 1.82) is 0 Å². The predicted molar refractivity (Wildman–Crippen MR) is 242 cm³/mol. The number of carbonyl (C=O) groups is 3. The van der Waals surface area contributed by atoms with Gasteiger partial charge in [-0.3, -0.25) is 14.4 Å². The van der Waals surface area contributed by atoms with Crippen LogP contribution in [0.3, 0.4) is 0 Å². The van der Waals surface area contributed by atoms with E-state index in [1.165, 1.54) is 135 Å². The van der Waals surface area contributed by atoms with Gasteiger partial charge in [-0.2, -0.15) is 0 Å². The normalized spacial score (nSPS) is 12.3. The molecule has 1 atom stereocenters. The van der Waals surface area contributed by atoms with E-state index in [1.54, 1.807) is 0 Å². The van der Waals surface area contributed by atoms with E-state index in [1.807, 2.05) is 0 Å². The first kappa shape index (κ1) is 54.6. The van der Waals surface area contributed by atoms with Gasteiger partial charge in [0.15, 0.2) is 6.10 Å². The molecule has 0 aromatic heterocycles. The van der Waals surface area contributed by atoms with E-state index in [9.17, 15) is 14.4 Å². The topological polar surface area (TPSA) is 78.9 Å². The Bertz CT molecular complexity index is 969. The van der Waals surface area contributed by atoms with Gasteiger partial charge in [-0.15, -0.1) is 0 Å². The Kier molecular flexibility index (Phi) is 44.4. The fraction of sp³-hybridized carbons (Fsp3) is 0.824. The molecule has 6 heteroatoms. The van der Waals surface area contributed by atoms with Crippen molar-refractivity contribution in [2.75, 3.05) is 13.2 Å². The third-order valence-electron chi connectivity index (χ3n) is 10.6. The largest absolute Gasteiger partial charge is 0.462 e. The fourth-order valence-corrected chi connectivity index (χ4v) is 6.92. The summed E-state index contributed by atoms with van der Waals surface area (Å²) >= 11 is 0. The molecule has 332 valence electrons. The van der Waals surface area contributed by atoms with Crippen LogP contribution in [0.5, 0.6) is 0 Å². The van der Waals surface area contributed by atoms with Gasteiger partial charge >= 0.3 is 17.9 Å². The molecule has 0 spiro atoms. The molecule has 0 saturated carbocycles. The highest BCUT2D eigenvalue weighted by Gasteiger charge is 2.19. The van der Waals surface area contributed by atoms with Crippen LogP contribution in [0.2, 0.25) is 0 Å². The first-order valence-electron chi connectivity index (χ1n) is 24.5. The third kappa shape index (κ3) is 44.6. The van der Waals surface area contributed by atoms with Crippen LogP contribution in [0.1, 0.15) is 252 Å². The Morgan fingerprint density at radius 1 is 0.351 bits per heavy atom. The van der Waals surface area contributed by atoms with Crippen molar-refractivity contribution in [3.8, 4) is 0 Å². The van der Waals surface area contributed by atoms with Gasteiger partial charge in [0.05, 0.1) is 0 Å². The molecule has 0 amide bonds. The van der Waals surface area contributed by atoms with E-state index in [0.29, 0.717) is 19.3 Å². The maximum Gasteiger partial charge on any atom is 0.306 e. The Hall–Kier alpha value is -2.37. The zero-order valence-electron chi connectivity index (χ0n) is 37.9. The molecule has 6 nitrogen and oxygen atoms in total. The molecule has 57 heavy (non-hydrogen) atoms. The van der Waals surface area contributed by atoms with Crippen LogP contribution in [-0.2, 0) is 28.6 Å². The summed E-state index contributed by atoms with van der Waals surface area (Å²) < 4.78 is 16.7. The third-order valence-corrected chi connectivity index (χ3v) is 10.6. The number of ether oxygens (including phenoxy) is 3. The lowest BCUT2D eigenvalue weighted by atomic mass is 10.1. The smallest absolute Gasteiger partial charge is 0.306 e. The molecule has 0 aliphatic carbocycles. The maximum absolute atomic E-state index is 12.7. The average Bonchev–Trinajstić information content (AvgIpc) is 3.21. The van der Waals surface area contributed by atoms with Crippen molar-refractivity contribution in [2.45, 2.75) is 258 Å². The summed E-state index contributed by atoms with van der Waals surface area (Å²) in [7, 11) is 0. The summed E-state index contributed by atoms with van der Waals surface area (Å²) in [6.07, 6.45) is 52.7. The van der Waals surface area contributed by atoms with E-state index in [4.69, 9.17) is 14.2 Å². The highest BCUT2D eigenvalue weighted by atomic mass is 16.6. The van der Waals surface area contributed by atoms with Crippen LogP contribution >= 0.6 is 0 Å². The molecule has 0 saturated heterocycles. The number of rotatable bonds is 44. The molecule has 0 N–H and O–H groups in total.